The van der Waals surface area contributed by atoms with Crippen LogP contribution in [0.5, 0.6) is 0 Å². The molecule has 3 heteroatoms. The Morgan fingerprint density at radius 1 is 1.38 bits per heavy atom. The van der Waals surface area contributed by atoms with E-state index in [-0.39, 0.29) is 12.1 Å². The number of rotatable bonds is 5. The number of aryl methyl sites for hydroxylation is 1. The van der Waals surface area contributed by atoms with E-state index in [0.29, 0.717) is 0 Å². The fourth-order valence-corrected chi connectivity index (χ4v) is 3.77. The number of ether oxygens (including phenoxy) is 1. The largest absolute Gasteiger partial charge is 0.371 e. The standard InChI is InChI=1S/C18H23NOS/c1-3-9-19-17(15-11-13(2)21-12-15)18-16-7-5-4-6-14(16)8-10-20-18/h4-7,11-12,17-19H,3,8-10H2,1-2H3. The minimum atomic E-state index is 0.121. The summed E-state index contributed by atoms with van der Waals surface area (Å²) in [5, 5.41) is 5.96. The quantitative estimate of drug-likeness (QED) is 0.883. The van der Waals surface area contributed by atoms with Crippen LogP contribution in [0, 0.1) is 6.92 Å². The third-order valence-electron chi connectivity index (χ3n) is 4.06. The van der Waals surface area contributed by atoms with Crippen molar-refractivity contribution in [1.82, 2.24) is 5.32 Å². The van der Waals surface area contributed by atoms with Crippen LogP contribution in [0.4, 0.5) is 0 Å². The van der Waals surface area contributed by atoms with Crippen LogP contribution in [0.15, 0.2) is 35.7 Å². The van der Waals surface area contributed by atoms with Gasteiger partial charge in [-0.1, -0.05) is 31.2 Å². The van der Waals surface area contributed by atoms with E-state index < -0.39 is 0 Å². The number of fused-ring (bicyclic) bond motifs is 1. The molecule has 0 saturated carbocycles. The van der Waals surface area contributed by atoms with Gasteiger partial charge in [-0.25, -0.2) is 0 Å². The first-order valence-electron chi connectivity index (χ1n) is 7.77. The normalized spacial score (nSPS) is 19.2. The highest BCUT2D eigenvalue weighted by molar-refractivity contribution is 7.10. The van der Waals surface area contributed by atoms with E-state index in [1.54, 1.807) is 0 Å². The zero-order chi connectivity index (χ0) is 14.7. The van der Waals surface area contributed by atoms with E-state index in [2.05, 4.69) is 54.9 Å². The second-order valence-electron chi connectivity index (χ2n) is 5.66. The van der Waals surface area contributed by atoms with E-state index in [9.17, 15) is 0 Å². The lowest BCUT2D eigenvalue weighted by Crippen LogP contribution is -2.32. The lowest BCUT2D eigenvalue weighted by atomic mass is 9.90. The van der Waals surface area contributed by atoms with Gasteiger partial charge in [0.1, 0.15) is 6.10 Å². The molecule has 1 N–H and O–H groups in total. The van der Waals surface area contributed by atoms with Crippen LogP contribution in [0.25, 0.3) is 0 Å². The summed E-state index contributed by atoms with van der Waals surface area (Å²) in [5.41, 5.74) is 4.14. The summed E-state index contributed by atoms with van der Waals surface area (Å²) < 4.78 is 6.17. The van der Waals surface area contributed by atoms with Crippen molar-refractivity contribution in [3.05, 3.63) is 57.3 Å². The zero-order valence-electron chi connectivity index (χ0n) is 12.8. The number of hydrogen-bond donors (Lipinski definition) is 1. The molecular weight excluding hydrogens is 278 g/mol. The highest BCUT2D eigenvalue weighted by Gasteiger charge is 2.29. The fourth-order valence-electron chi connectivity index (χ4n) is 3.03. The maximum atomic E-state index is 6.17. The van der Waals surface area contributed by atoms with Gasteiger partial charge in [0, 0.05) is 4.88 Å². The van der Waals surface area contributed by atoms with Gasteiger partial charge in [0.2, 0.25) is 0 Å². The van der Waals surface area contributed by atoms with Crippen LogP contribution in [0.3, 0.4) is 0 Å². The minimum absolute atomic E-state index is 0.121. The maximum Gasteiger partial charge on any atom is 0.102 e. The summed E-state index contributed by atoms with van der Waals surface area (Å²) in [6.45, 7) is 6.20. The average Bonchev–Trinajstić information content (AvgIpc) is 2.94. The highest BCUT2D eigenvalue weighted by atomic mass is 32.1. The number of nitrogens with one attached hydrogen (secondary N) is 1. The van der Waals surface area contributed by atoms with Crippen LogP contribution in [-0.2, 0) is 11.2 Å². The number of thiophene rings is 1. The SMILES string of the molecule is CCCNC(c1csc(C)c1)C1OCCc2ccccc21. The van der Waals surface area contributed by atoms with Gasteiger partial charge < -0.3 is 10.1 Å². The number of benzene rings is 1. The topological polar surface area (TPSA) is 21.3 Å². The van der Waals surface area contributed by atoms with Gasteiger partial charge in [-0.15, -0.1) is 11.3 Å². The van der Waals surface area contributed by atoms with Crippen molar-refractivity contribution in [3.63, 3.8) is 0 Å². The van der Waals surface area contributed by atoms with Crippen LogP contribution < -0.4 is 5.32 Å². The Kier molecular flexibility index (Phi) is 4.73. The molecule has 0 radical (unpaired) electrons. The molecule has 2 nitrogen and oxygen atoms in total. The van der Waals surface area contributed by atoms with E-state index in [4.69, 9.17) is 4.74 Å². The van der Waals surface area contributed by atoms with Crippen LogP contribution in [-0.4, -0.2) is 13.2 Å². The monoisotopic (exact) mass is 301 g/mol. The smallest absolute Gasteiger partial charge is 0.102 e. The van der Waals surface area contributed by atoms with Gasteiger partial charge in [0.05, 0.1) is 12.6 Å². The predicted molar refractivity (Wildman–Crippen MR) is 88.9 cm³/mol. The number of hydrogen-bond acceptors (Lipinski definition) is 3. The van der Waals surface area contributed by atoms with E-state index >= 15 is 0 Å². The molecular formula is C18H23NOS. The molecule has 112 valence electrons. The molecule has 0 amide bonds. The molecule has 2 aromatic rings. The Balaban J connectivity index is 1.93. The average molecular weight is 301 g/mol. The molecule has 2 unspecified atom stereocenters. The maximum absolute atomic E-state index is 6.17. The molecule has 2 atom stereocenters. The van der Waals surface area contributed by atoms with Crippen LogP contribution in [0.1, 0.15) is 47.1 Å². The Labute approximate surface area is 131 Å². The van der Waals surface area contributed by atoms with Crippen molar-refractivity contribution in [2.24, 2.45) is 0 Å². The Hall–Kier alpha value is -1.16. The Morgan fingerprint density at radius 3 is 3.00 bits per heavy atom. The van der Waals surface area contributed by atoms with Crippen molar-refractivity contribution >= 4 is 11.3 Å². The van der Waals surface area contributed by atoms with Gasteiger partial charge in [-0.05, 0) is 54.4 Å². The first-order valence-corrected chi connectivity index (χ1v) is 8.65. The van der Waals surface area contributed by atoms with Gasteiger partial charge >= 0.3 is 0 Å². The predicted octanol–water partition coefficient (Wildman–Crippen LogP) is 4.41. The second-order valence-corrected chi connectivity index (χ2v) is 6.78. The molecule has 0 bridgehead atoms. The van der Waals surface area contributed by atoms with E-state index in [1.807, 2.05) is 11.3 Å². The third kappa shape index (κ3) is 3.20. The molecule has 1 aromatic heterocycles. The molecule has 0 fully saturated rings. The first kappa shape index (κ1) is 14.8. The van der Waals surface area contributed by atoms with E-state index in [0.717, 1.165) is 26.0 Å². The van der Waals surface area contributed by atoms with Crippen molar-refractivity contribution < 1.29 is 4.74 Å². The zero-order valence-corrected chi connectivity index (χ0v) is 13.6. The lowest BCUT2D eigenvalue weighted by Gasteiger charge is -2.33. The summed E-state index contributed by atoms with van der Waals surface area (Å²) in [4.78, 5) is 1.36. The summed E-state index contributed by atoms with van der Waals surface area (Å²) in [6, 6.07) is 11.2. The second kappa shape index (κ2) is 6.73. The van der Waals surface area contributed by atoms with Crippen LogP contribution in [0.2, 0.25) is 0 Å². The molecule has 1 aliphatic rings. The van der Waals surface area contributed by atoms with Gasteiger partial charge in [-0.2, -0.15) is 0 Å². The van der Waals surface area contributed by atoms with E-state index in [1.165, 1.54) is 21.6 Å². The Morgan fingerprint density at radius 2 is 2.24 bits per heavy atom. The van der Waals surface area contributed by atoms with Gasteiger partial charge in [0.15, 0.2) is 0 Å². The molecule has 2 heterocycles. The van der Waals surface area contributed by atoms with Crippen molar-refractivity contribution in [2.45, 2.75) is 38.8 Å². The van der Waals surface area contributed by atoms with Gasteiger partial charge in [-0.3, -0.25) is 0 Å². The summed E-state index contributed by atoms with van der Waals surface area (Å²) >= 11 is 1.82. The summed E-state index contributed by atoms with van der Waals surface area (Å²) in [6.07, 6.45) is 2.28. The summed E-state index contributed by atoms with van der Waals surface area (Å²) in [7, 11) is 0. The van der Waals surface area contributed by atoms with Crippen molar-refractivity contribution in [3.8, 4) is 0 Å². The molecule has 0 aliphatic carbocycles. The van der Waals surface area contributed by atoms with Crippen LogP contribution >= 0.6 is 11.3 Å². The highest BCUT2D eigenvalue weighted by Crippen LogP contribution is 2.38. The molecule has 0 saturated heterocycles. The molecule has 1 aliphatic heterocycles. The minimum Gasteiger partial charge on any atom is -0.371 e. The third-order valence-corrected chi connectivity index (χ3v) is 4.94. The molecule has 1 aromatic carbocycles. The molecule has 21 heavy (non-hydrogen) atoms. The fraction of sp³-hybridized carbons (Fsp3) is 0.444. The lowest BCUT2D eigenvalue weighted by molar-refractivity contribution is 0.0149. The first-order chi connectivity index (χ1) is 10.3. The van der Waals surface area contributed by atoms with Crippen molar-refractivity contribution in [2.75, 3.05) is 13.2 Å². The molecule has 3 rings (SSSR count). The Bertz CT molecular complexity index is 592. The summed E-state index contributed by atoms with van der Waals surface area (Å²) in [5.74, 6) is 0. The van der Waals surface area contributed by atoms with Gasteiger partial charge in [0.25, 0.3) is 0 Å². The molecule has 0 spiro atoms. The van der Waals surface area contributed by atoms with Crippen molar-refractivity contribution in [1.29, 1.82) is 0 Å².